The standard InChI is InChI=1S/C13H19ClN2O3S/c14-13-5-1-3-11(7-13)8-15-20(18,19)16-6-2-4-12(9-16)10-17/h1,3,5,7,12,15,17H,2,4,6,8-10H2. The van der Waals surface area contributed by atoms with Crippen LogP contribution in [0.25, 0.3) is 0 Å². The van der Waals surface area contributed by atoms with Gasteiger partial charge in [0.15, 0.2) is 0 Å². The molecule has 1 unspecified atom stereocenters. The monoisotopic (exact) mass is 318 g/mol. The van der Waals surface area contributed by atoms with Crippen LogP contribution < -0.4 is 4.72 Å². The normalized spacial score (nSPS) is 21.0. The molecule has 5 nitrogen and oxygen atoms in total. The van der Waals surface area contributed by atoms with E-state index in [-0.39, 0.29) is 19.1 Å². The Labute approximate surface area is 124 Å². The van der Waals surface area contributed by atoms with Crippen LogP contribution in [0.3, 0.4) is 0 Å². The van der Waals surface area contributed by atoms with Crippen molar-refractivity contribution in [1.29, 1.82) is 0 Å². The first-order valence-electron chi connectivity index (χ1n) is 6.61. The number of benzene rings is 1. The molecule has 112 valence electrons. The zero-order valence-corrected chi connectivity index (χ0v) is 12.7. The van der Waals surface area contributed by atoms with Crippen LogP contribution >= 0.6 is 11.6 Å². The fraction of sp³-hybridized carbons (Fsp3) is 0.538. The van der Waals surface area contributed by atoms with Crippen LogP contribution in [0.15, 0.2) is 24.3 Å². The molecule has 0 saturated carbocycles. The van der Waals surface area contributed by atoms with Crippen molar-refractivity contribution in [2.24, 2.45) is 5.92 Å². The maximum atomic E-state index is 12.2. The van der Waals surface area contributed by atoms with Crippen molar-refractivity contribution in [3.8, 4) is 0 Å². The summed E-state index contributed by atoms with van der Waals surface area (Å²) in [4.78, 5) is 0. The molecule has 0 amide bonds. The third kappa shape index (κ3) is 4.17. The summed E-state index contributed by atoms with van der Waals surface area (Å²) < 4.78 is 28.4. The molecule has 20 heavy (non-hydrogen) atoms. The number of nitrogens with zero attached hydrogens (tertiary/aromatic N) is 1. The Morgan fingerprint density at radius 3 is 2.95 bits per heavy atom. The topological polar surface area (TPSA) is 69.6 Å². The second-order valence-electron chi connectivity index (χ2n) is 5.00. The Morgan fingerprint density at radius 2 is 2.25 bits per heavy atom. The van der Waals surface area contributed by atoms with E-state index < -0.39 is 10.2 Å². The quantitative estimate of drug-likeness (QED) is 0.861. The van der Waals surface area contributed by atoms with E-state index in [1.807, 2.05) is 6.07 Å². The zero-order valence-electron chi connectivity index (χ0n) is 11.1. The fourth-order valence-corrected chi connectivity index (χ4v) is 3.83. The van der Waals surface area contributed by atoms with E-state index in [1.54, 1.807) is 18.2 Å². The van der Waals surface area contributed by atoms with Gasteiger partial charge in [-0.25, -0.2) is 0 Å². The molecule has 0 aliphatic carbocycles. The lowest BCUT2D eigenvalue weighted by molar-refractivity contribution is 0.164. The number of halogens is 1. The van der Waals surface area contributed by atoms with Crippen LogP contribution in [0, 0.1) is 5.92 Å². The number of hydrogen-bond acceptors (Lipinski definition) is 3. The number of rotatable bonds is 5. The first kappa shape index (κ1) is 15.7. The van der Waals surface area contributed by atoms with E-state index in [9.17, 15) is 8.42 Å². The third-order valence-corrected chi connectivity index (χ3v) is 5.18. The Morgan fingerprint density at radius 1 is 1.45 bits per heavy atom. The van der Waals surface area contributed by atoms with Gasteiger partial charge in [-0.3, -0.25) is 0 Å². The number of nitrogens with one attached hydrogen (secondary N) is 1. The minimum absolute atomic E-state index is 0.0281. The van der Waals surface area contributed by atoms with Crippen molar-refractivity contribution in [2.75, 3.05) is 19.7 Å². The molecule has 0 aromatic heterocycles. The minimum Gasteiger partial charge on any atom is -0.396 e. The Balaban J connectivity index is 1.97. The summed E-state index contributed by atoms with van der Waals surface area (Å²) in [6.45, 7) is 1.12. The van der Waals surface area contributed by atoms with E-state index in [1.165, 1.54) is 4.31 Å². The molecule has 1 heterocycles. The summed E-state index contributed by atoms with van der Waals surface area (Å²) in [5.41, 5.74) is 0.816. The molecular formula is C13H19ClN2O3S. The van der Waals surface area contributed by atoms with E-state index in [0.29, 0.717) is 18.1 Å². The molecule has 1 aromatic carbocycles. The van der Waals surface area contributed by atoms with Crippen LogP contribution in [0.1, 0.15) is 18.4 Å². The van der Waals surface area contributed by atoms with Crippen LogP contribution in [0.4, 0.5) is 0 Å². The van der Waals surface area contributed by atoms with Crippen LogP contribution in [0.5, 0.6) is 0 Å². The maximum Gasteiger partial charge on any atom is 0.279 e. The number of hydrogen-bond donors (Lipinski definition) is 2. The molecule has 2 N–H and O–H groups in total. The van der Waals surface area contributed by atoms with Crippen LogP contribution in [-0.4, -0.2) is 37.5 Å². The van der Waals surface area contributed by atoms with Gasteiger partial charge in [-0.1, -0.05) is 23.7 Å². The van der Waals surface area contributed by atoms with Crippen molar-refractivity contribution in [2.45, 2.75) is 19.4 Å². The van der Waals surface area contributed by atoms with Gasteiger partial charge in [-0.2, -0.15) is 17.4 Å². The molecule has 0 spiro atoms. The molecule has 0 bridgehead atoms. The van der Waals surface area contributed by atoms with Crippen molar-refractivity contribution in [1.82, 2.24) is 9.03 Å². The van der Waals surface area contributed by atoms with Gasteiger partial charge in [0.1, 0.15) is 0 Å². The van der Waals surface area contributed by atoms with E-state index in [2.05, 4.69) is 4.72 Å². The minimum atomic E-state index is -3.51. The summed E-state index contributed by atoms with van der Waals surface area (Å²) in [7, 11) is -3.51. The average Bonchev–Trinajstić information content (AvgIpc) is 2.45. The van der Waals surface area contributed by atoms with Crippen LogP contribution in [-0.2, 0) is 16.8 Å². The molecule has 0 radical (unpaired) electrons. The molecular weight excluding hydrogens is 300 g/mol. The fourth-order valence-electron chi connectivity index (χ4n) is 2.31. The van der Waals surface area contributed by atoms with Crippen molar-refractivity contribution in [3.63, 3.8) is 0 Å². The van der Waals surface area contributed by atoms with Gasteiger partial charge in [-0.15, -0.1) is 0 Å². The van der Waals surface area contributed by atoms with E-state index in [0.717, 1.165) is 18.4 Å². The van der Waals surface area contributed by atoms with Gasteiger partial charge in [0.05, 0.1) is 0 Å². The van der Waals surface area contributed by atoms with Crippen molar-refractivity contribution < 1.29 is 13.5 Å². The first-order valence-corrected chi connectivity index (χ1v) is 8.43. The summed E-state index contributed by atoms with van der Waals surface area (Å²) >= 11 is 5.87. The maximum absolute atomic E-state index is 12.2. The summed E-state index contributed by atoms with van der Waals surface area (Å²) in [5, 5.41) is 9.74. The van der Waals surface area contributed by atoms with Crippen molar-refractivity contribution in [3.05, 3.63) is 34.9 Å². The molecule has 1 saturated heterocycles. The molecule has 1 aliphatic heterocycles. The van der Waals surface area contributed by atoms with Gasteiger partial charge < -0.3 is 5.11 Å². The van der Waals surface area contributed by atoms with E-state index >= 15 is 0 Å². The third-order valence-electron chi connectivity index (χ3n) is 3.43. The Kier molecular flexibility index (Phi) is 5.40. The Bertz CT molecular complexity index is 550. The van der Waals surface area contributed by atoms with Crippen molar-refractivity contribution >= 4 is 21.8 Å². The number of aliphatic hydroxyl groups excluding tert-OH is 1. The smallest absolute Gasteiger partial charge is 0.279 e. The summed E-state index contributed by atoms with van der Waals surface area (Å²) in [6.07, 6.45) is 1.65. The predicted octanol–water partition coefficient (Wildman–Crippen LogP) is 1.38. The zero-order chi connectivity index (χ0) is 14.6. The SMILES string of the molecule is O=S(=O)(NCc1cccc(Cl)c1)N1CCCC(CO)C1. The predicted molar refractivity (Wildman–Crippen MR) is 78.6 cm³/mol. The lowest BCUT2D eigenvalue weighted by Gasteiger charge is -2.30. The molecule has 1 aliphatic rings. The first-order chi connectivity index (χ1) is 9.51. The highest BCUT2D eigenvalue weighted by Gasteiger charge is 2.28. The molecule has 1 aromatic rings. The van der Waals surface area contributed by atoms with Gasteiger partial charge in [-0.05, 0) is 36.5 Å². The number of piperidine rings is 1. The highest BCUT2D eigenvalue weighted by molar-refractivity contribution is 7.87. The van der Waals surface area contributed by atoms with Gasteiger partial charge >= 0.3 is 0 Å². The lowest BCUT2D eigenvalue weighted by Crippen LogP contribution is -2.46. The van der Waals surface area contributed by atoms with Gasteiger partial charge in [0, 0.05) is 31.3 Å². The highest BCUT2D eigenvalue weighted by Crippen LogP contribution is 2.18. The average molecular weight is 319 g/mol. The highest BCUT2D eigenvalue weighted by atomic mass is 35.5. The molecule has 1 fully saturated rings. The second kappa shape index (κ2) is 6.87. The number of aliphatic hydroxyl groups is 1. The van der Waals surface area contributed by atoms with Crippen LogP contribution in [0.2, 0.25) is 5.02 Å². The Hall–Kier alpha value is -0.660. The molecule has 1 atom stereocenters. The van der Waals surface area contributed by atoms with E-state index in [4.69, 9.17) is 16.7 Å². The molecule has 2 rings (SSSR count). The van der Waals surface area contributed by atoms with Gasteiger partial charge in [0.2, 0.25) is 0 Å². The summed E-state index contributed by atoms with van der Waals surface area (Å²) in [6, 6.07) is 7.09. The largest absolute Gasteiger partial charge is 0.396 e. The summed E-state index contributed by atoms with van der Waals surface area (Å²) in [5.74, 6) is 0.0338. The lowest BCUT2D eigenvalue weighted by atomic mass is 10.0. The van der Waals surface area contributed by atoms with Gasteiger partial charge in [0.25, 0.3) is 10.2 Å². The second-order valence-corrected chi connectivity index (χ2v) is 7.20. The molecule has 7 heteroatoms.